The predicted molar refractivity (Wildman–Crippen MR) is 67.7 cm³/mol. The van der Waals surface area contributed by atoms with Crippen LogP contribution < -0.4 is 4.74 Å². The molecule has 0 saturated carbocycles. The standard InChI is InChI=1S/C14H9F4NO3/c1-21-13(20)10-6-12(15)19-7-11(10)8-2-4-9(5-3-8)22-14(16,17)18/h2-7H,1H3. The summed E-state index contributed by atoms with van der Waals surface area (Å²) in [4.78, 5) is 15.1. The molecule has 0 fully saturated rings. The van der Waals surface area contributed by atoms with Gasteiger partial charge in [-0.1, -0.05) is 12.1 Å². The molecule has 1 heterocycles. The lowest BCUT2D eigenvalue weighted by Crippen LogP contribution is -2.16. The Hall–Kier alpha value is -2.64. The number of carbonyl (C=O) groups excluding carboxylic acids is 1. The van der Waals surface area contributed by atoms with Crippen LogP contribution in [0.2, 0.25) is 0 Å². The number of alkyl halides is 3. The van der Waals surface area contributed by atoms with Crippen molar-refractivity contribution in [3.8, 4) is 16.9 Å². The fourth-order valence-electron chi connectivity index (χ4n) is 1.77. The number of aromatic nitrogens is 1. The molecule has 0 amide bonds. The molecular weight excluding hydrogens is 306 g/mol. The minimum Gasteiger partial charge on any atom is -0.465 e. The first-order valence-corrected chi connectivity index (χ1v) is 5.90. The molecule has 0 aliphatic carbocycles. The van der Waals surface area contributed by atoms with Crippen molar-refractivity contribution >= 4 is 5.97 Å². The SMILES string of the molecule is COC(=O)c1cc(F)ncc1-c1ccc(OC(F)(F)F)cc1. The maximum Gasteiger partial charge on any atom is 0.573 e. The predicted octanol–water partition coefficient (Wildman–Crippen LogP) is 3.57. The van der Waals surface area contributed by atoms with Crippen LogP contribution in [0.3, 0.4) is 0 Å². The Balaban J connectivity index is 2.38. The Morgan fingerprint density at radius 2 is 1.82 bits per heavy atom. The number of halogens is 4. The van der Waals surface area contributed by atoms with E-state index < -0.39 is 24.0 Å². The van der Waals surface area contributed by atoms with Crippen LogP contribution in [0.5, 0.6) is 5.75 Å². The minimum atomic E-state index is -4.80. The third-order valence-electron chi connectivity index (χ3n) is 2.67. The van der Waals surface area contributed by atoms with E-state index in [9.17, 15) is 22.4 Å². The highest BCUT2D eigenvalue weighted by Crippen LogP contribution is 2.28. The summed E-state index contributed by atoms with van der Waals surface area (Å²) in [6, 6.07) is 5.63. The molecule has 2 rings (SSSR count). The molecule has 0 aliphatic rings. The summed E-state index contributed by atoms with van der Waals surface area (Å²) in [5, 5.41) is 0. The summed E-state index contributed by atoms with van der Waals surface area (Å²) in [6.45, 7) is 0. The van der Waals surface area contributed by atoms with Crippen molar-refractivity contribution in [3.05, 3.63) is 48.0 Å². The van der Waals surface area contributed by atoms with E-state index in [0.717, 1.165) is 31.5 Å². The number of nitrogens with zero attached hydrogens (tertiary/aromatic N) is 1. The molecule has 22 heavy (non-hydrogen) atoms. The normalized spacial score (nSPS) is 11.1. The third-order valence-corrected chi connectivity index (χ3v) is 2.67. The molecule has 0 saturated heterocycles. The molecule has 0 radical (unpaired) electrons. The molecule has 1 aromatic heterocycles. The first-order chi connectivity index (χ1) is 10.3. The molecule has 0 spiro atoms. The van der Waals surface area contributed by atoms with Crippen LogP contribution in [0.1, 0.15) is 10.4 Å². The van der Waals surface area contributed by atoms with E-state index in [1.54, 1.807) is 0 Å². The Kier molecular flexibility index (Phi) is 4.30. The Morgan fingerprint density at radius 3 is 2.36 bits per heavy atom. The van der Waals surface area contributed by atoms with Gasteiger partial charge >= 0.3 is 12.3 Å². The van der Waals surface area contributed by atoms with E-state index in [1.807, 2.05) is 0 Å². The second kappa shape index (κ2) is 6.00. The van der Waals surface area contributed by atoms with Crippen molar-refractivity contribution < 1.29 is 31.8 Å². The number of carbonyl (C=O) groups is 1. The zero-order chi connectivity index (χ0) is 16.3. The lowest BCUT2D eigenvalue weighted by Gasteiger charge is -2.11. The molecule has 1 aromatic carbocycles. The highest BCUT2D eigenvalue weighted by Gasteiger charge is 2.31. The maximum absolute atomic E-state index is 13.1. The molecule has 0 aliphatic heterocycles. The van der Waals surface area contributed by atoms with E-state index in [1.165, 1.54) is 12.1 Å². The van der Waals surface area contributed by atoms with Crippen LogP contribution in [0.25, 0.3) is 11.1 Å². The van der Waals surface area contributed by atoms with Crippen LogP contribution in [-0.4, -0.2) is 24.4 Å². The van der Waals surface area contributed by atoms with Crippen molar-refractivity contribution in [2.45, 2.75) is 6.36 Å². The van der Waals surface area contributed by atoms with Gasteiger partial charge in [0.1, 0.15) is 5.75 Å². The fourth-order valence-corrected chi connectivity index (χ4v) is 1.77. The van der Waals surface area contributed by atoms with Crippen molar-refractivity contribution in [1.29, 1.82) is 0 Å². The summed E-state index contributed by atoms with van der Waals surface area (Å²) < 4.78 is 57.7. The third kappa shape index (κ3) is 3.72. The second-order valence-corrected chi connectivity index (χ2v) is 4.12. The molecule has 0 bridgehead atoms. The highest BCUT2D eigenvalue weighted by atomic mass is 19.4. The minimum absolute atomic E-state index is 0.0838. The molecule has 0 N–H and O–H groups in total. The number of ether oxygens (including phenoxy) is 2. The van der Waals surface area contributed by atoms with Gasteiger partial charge in [0.05, 0.1) is 12.7 Å². The lowest BCUT2D eigenvalue weighted by atomic mass is 10.0. The molecular formula is C14H9F4NO3. The van der Waals surface area contributed by atoms with E-state index >= 15 is 0 Å². The van der Waals surface area contributed by atoms with Crippen molar-refractivity contribution in [2.75, 3.05) is 7.11 Å². The Morgan fingerprint density at radius 1 is 1.18 bits per heavy atom. The van der Waals surface area contributed by atoms with E-state index in [4.69, 9.17) is 0 Å². The monoisotopic (exact) mass is 315 g/mol. The van der Waals surface area contributed by atoms with E-state index in [0.29, 0.717) is 5.56 Å². The molecule has 8 heteroatoms. The summed E-state index contributed by atoms with van der Waals surface area (Å²) in [5.74, 6) is -2.07. The van der Waals surface area contributed by atoms with Crippen molar-refractivity contribution in [1.82, 2.24) is 4.98 Å². The maximum atomic E-state index is 13.1. The van der Waals surface area contributed by atoms with Crippen LogP contribution in [-0.2, 0) is 4.74 Å². The first kappa shape index (κ1) is 15.7. The number of benzene rings is 1. The van der Waals surface area contributed by atoms with Crippen LogP contribution in [0.15, 0.2) is 36.5 Å². The summed E-state index contributed by atoms with van der Waals surface area (Å²) in [5.41, 5.74) is 0.508. The average molecular weight is 315 g/mol. The second-order valence-electron chi connectivity index (χ2n) is 4.12. The quantitative estimate of drug-likeness (QED) is 0.493. The van der Waals surface area contributed by atoms with Crippen molar-refractivity contribution in [3.63, 3.8) is 0 Å². The molecule has 0 unspecified atom stereocenters. The molecule has 116 valence electrons. The Bertz CT molecular complexity index is 683. The number of rotatable bonds is 3. The van der Waals surface area contributed by atoms with Gasteiger partial charge in [0.15, 0.2) is 0 Å². The van der Waals surface area contributed by atoms with Crippen molar-refractivity contribution in [2.24, 2.45) is 0 Å². The van der Waals surface area contributed by atoms with E-state index in [2.05, 4.69) is 14.5 Å². The van der Waals surface area contributed by atoms with Gasteiger partial charge in [-0.2, -0.15) is 4.39 Å². The topological polar surface area (TPSA) is 48.4 Å². The molecule has 2 aromatic rings. The van der Waals surface area contributed by atoms with Gasteiger partial charge in [0.25, 0.3) is 0 Å². The summed E-state index contributed by atoms with van der Waals surface area (Å²) in [7, 11) is 1.13. The lowest BCUT2D eigenvalue weighted by molar-refractivity contribution is -0.274. The van der Waals surface area contributed by atoms with Crippen LogP contribution in [0.4, 0.5) is 17.6 Å². The highest BCUT2D eigenvalue weighted by molar-refractivity contribution is 5.96. The van der Waals surface area contributed by atoms with Gasteiger partial charge in [-0.3, -0.25) is 0 Å². The largest absolute Gasteiger partial charge is 0.573 e. The van der Waals surface area contributed by atoms with Crippen LogP contribution >= 0.6 is 0 Å². The average Bonchev–Trinajstić information content (AvgIpc) is 2.46. The fraction of sp³-hybridized carbons (Fsp3) is 0.143. The Labute approximate surface area is 122 Å². The smallest absolute Gasteiger partial charge is 0.465 e. The number of pyridine rings is 1. The van der Waals surface area contributed by atoms with Crippen LogP contribution in [0, 0.1) is 5.95 Å². The number of hydrogen-bond acceptors (Lipinski definition) is 4. The molecule has 4 nitrogen and oxygen atoms in total. The van der Waals surface area contributed by atoms with Gasteiger partial charge in [0.2, 0.25) is 5.95 Å². The zero-order valence-corrected chi connectivity index (χ0v) is 11.1. The van der Waals surface area contributed by atoms with E-state index in [-0.39, 0.29) is 11.1 Å². The number of esters is 1. The number of methoxy groups -OCH3 is 1. The van der Waals surface area contributed by atoms with Gasteiger partial charge in [-0.25, -0.2) is 9.78 Å². The van der Waals surface area contributed by atoms with Gasteiger partial charge in [-0.15, -0.1) is 13.2 Å². The van der Waals surface area contributed by atoms with Gasteiger partial charge in [0, 0.05) is 17.8 Å². The summed E-state index contributed by atoms with van der Waals surface area (Å²) in [6.07, 6.45) is -3.70. The summed E-state index contributed by atoms with van der Waals surface area (Å²) >= 11 is 0. The number of hydrogen-bond donors (Lipinski definition) is 0. The first-order valence-electron chi connectivity index (χ1n) is 5.90. The van der Waals surface area contributed by atoms with Gasteiger partial charge < -0.3 is 9.47 Å². The molecule has 0 atom stereocenters. The van der Waals surface area contributed by atoms with Gasteiger partial charge in [-0.05, 0) is 17.7 Å². The zero-order valence-electron chi connectivity index (χ0n) is 11.1.